The molecule has 6 heteroatoms. The van der Waals surface area contributed by atoms with Gasteiger partial charge in [-0.15, -0.1) is 0 Å². The predicted octanol–water partition coefficient (Wildman–Crippen LogP) is 4.21. The highest BCUT2D eigenvalue weighted by Crippen LogP contribution is 2.30. The number of hydrogen-bond donors (Lipinski definition) is 2. The Kier molecular flexibility index (Phi) is 6.40. The highest BCUT2D eigenvalue weighted by Gasteiger charge is 2.25. The number of nitrogens with zero attached hydrogens (tertiary/aromatic N) is 1. The van der Waals surface area contributed by atoms with Crippen molar-refractivity contribution >= 4 is 17.6 Å². The number of fused-ring (bicyclic) bond motifs is 1. The smallest absolute Gasteiger partial charge is 0.315 e. The Labute approximate surface area is 188 Å². The average molecular weight is 430 g/mol. The van der Waals surface area contributed by atoms with Crippen LogP contribution < -0.4 is 20.3 Å². The fourth-order valence-electron chi connectivity index (χ4n) is 3.77. The van der Waals surface area contributed by atoms with Crippen LogP contribution in [-0.2, 0) is 19.5 Å². The van der Waals surface area contributed by atoms with E-state index < -0.39 is 0 Å². The van der Waals surface area contributed by atoms with Gasteiger partial charge in [0.25, 0.3) is 5.91 Å². The lowest BCUT2D eigenvalue weighted by molar-refractivity contribution is 0.0989. The van der Waals surface area contributed by atoms with Gasteiger partial charge in [0.05, 0.1) is 7.11 Å². The summed E-state index contributed by atoms with van der Waals surface area (Å²) < 4.78 is 5.18. The number of urea groups is 1. The Morgan fingerprint density at radius 2 is 1.56 bits per heavy atom. The second kappa shape index (κ2) is 9.56. The van der Waals surface area contributed by atoms with E-state index in [9.17, 15) is 9.59 Å². The quantitative estimate of drug-likeness (QED) is 0.617. The van der Waals surface area contributed by atoms with Crippen molar-refractivity contribution in [3.05, 3.63) is 94.5 Å². The summed E-state index contributed by atoms with van der Waals surface area (Å²) in [4.78, 5) is 27.0. The van der Waals surface area contributed by atoms with E-state index in [-0.39, 0.29) is 11.9 Å². The van der Waals surface area contributed by atoms with E-state index in [1.807, 2.05) is 49.4 Å². The Balaban J connectivity index is 1.37. The molecule has 0 fully saturated rings. The first-order chi connectivity index (χ1) is 15.5. The van der Waals surface area contributed by atoms with Crippen LogP contribution in [0.1, 0.15) is 32.6 Å². The maximum atomic E-state index is 13.0. The molecule has 0 atom stereocenters. The Morgan fingerprint density at radius 1 is 0.906 bits per heavy atom. The lowest BCUT2D eigenvalue weighted by Crippen LogP contribution is -2.34. The monoisotopic (exact) mass is 429 g/mol. The van der Waals surface area contributed by atoms with Crippen molar-refractivity contribution in [2.75, 3.05) is 18.6 Å². The standard InChI is InChI=1S/C26H27N3O3/c1-18-3-5-19(6-4-18)16-27-26(31)28-17-20-7-8-21-13-14-29(24(21)15-20)25(30)22-9-11-23(32-2)12-10-22/h3-12,15H,13-14,16-17H2,1-2H3,(H2,27,28,31). The van der Waals surface area contributed by atoms with Gasteiger partial charge in [-0.05, 0) is 60.4 Å². The summed E-state index contributed by atoms with van der Waals surface area (Å²) in [5.74, 6) is 0.685. The molecule has 0 aromatic heterocycles. The number of ether oxygens (including phenoxy) is 1. The van der Waals surface area contributed by atoms with Gasteiger partial charge in [-0.1, -0.05) is 42.0 Å². The molecule has 1 aliphatic heterocycles. The maximum Gasteiger partial charge on any atom is 0.315 e. The van der Waals surface area contributed by atoms with Crippen LogP contribution in [0.15, 0.2) is 66.7 Å². The number of benzene rings is 3. The zero-order valence-corrected chi connectivity index (χ0v) is 18.4. The summed E-state index contributed by atoms with van der Waals surface area (Å²) in [5, 5.41) is 5.77. The molecule has 2 N–H and O–H groups in total. The molecular weight excluding hydrogens is 402 g/mol. The summed E-state index contributed by atoms with van der Waals surface area (Å²) in [6.45, 7) is 3.54. The molecule has 0 saturated heterocycles. The molecule has 1 aliphatic rings. The maximum absolute atomic E-state index is 13.0. The van der Waals surface area contributed by atoms with Crippen LogP contribution in [0.3, 0.4) is 0 Å². The van der Waals surface area contributed by atoms with Gasteiger partial charge in [-0.25, -0.2) is 4.79 Å². The fraction of sp³-hybridized carbons (Fsp3) is 0.231. The van der Waals surface area contributed by atoms with Gasteiger partial charge in [-0.2, -0.15) is 0 Å². The Hall–Kier alpha value is -3.80. The first kappa shape index (κ1) is 21.4. The van der Waals surface area contributed by atoms with E-state index in [1.54, 1.807) is 36.3 Å². The molecule has 3 amide bonds. The molecule has 3 aromatic rings. The largest absolute Gasteiger partial charge is 0.497 e. The second-order valence-corrected chi connectivity index (χ2v) is 7.92. The van der Waals surface area contributed by atoms with E-state index in [2.05, 4.69) is 10.6 Å². The van der Waals surface area contributed by atoms with Crippen molar-refractivity contribution in [1.82, 2.24) is 10.6 Å². The van der Waals surface area contributed by atoms with Crippen LogP contribution in [0.4, 0.5) is 10.5 Å². The Morgan fingerprint density at radius 3 is 2.25 bits per heavy atom. The molecule has 164 valence electrons. The summed E-state index contributed by atoms with van der Waals surface area (Å²) >= 11 is 0. The van der Waals surface area contributed by atoms with Crippen molar-refractivity contribution in [2.24, 2.45) is 0 Å². The van der Waals surface area contributed by atoms with Crippen LogP contribution in [0.5, 0.6) is 5.75 Å². The van der Waals surface area contributed by atoms with E-state index in [0.29, 0.717) is 25.2 Å². The lowest BCUT2D eigenvalue weighted by Gasteiger charge is -2.18. The van der Waals surface area contributed by atoms with E-state index >= 15 is 0 Å². The van der Waals surface area contributed by atoms with Gasteiger partial charge in [0.15, 0.2) is 0 Å². The third kappa shape index (κ3) is 4.91. The third-order valence-corrected chi connectivity index (χ3v) is 5.65. The number of methoxy groups -OCH3 is 1. The number of nitrogens with one attached hydrogen (secondary N) is 2. The molecule has 0 unspecified atom stereocenters. The molecule has 6 nitrogen and oxygen atoms in total. The number of carbonyl (C=O) groups is 2. The van der Waals surface area contributed by atoms with Gasteiger partial charge >= 0.3 is 6.03 Å². The minimum absolute atomic E-state index is 0.0349. The average Bonchev–Trinajstić information content (AvgIpc) is 3.25. The van der Waals surface area contributed by atoms with Crippen LogP contribution in [0, 0.1) is 6.92 Å². The fourth-order valence-corrected chi connectivity index (χ4v) is 3.77. The van der Waals surface area contributed by atoms with Crippen molar-refractivity contribution < 1.29 is 14.3 Å². The summed E-state index contributed by atoms with van der Waals surface area (Å²) in [7, 11) is 1.60. The lowest BCUT2D eigenvalue weighted by atomic mass is 10.1. The SMILES string of the molecule is COc1ccc(C(=O)N2CCc3ccc(CNC(=O)NCc4ccc(C)cc4)cc32)cc1. The van der Waals surface area contributed by atoms with Crippen molar-refractivity contribution in [3.63, 3.8) is 0 Å². The van der Waals surface area contributed by atoms with Gasteiger partial charge < -0.3 is 20.3 Å². The third-order valence-electron chi connectivity index (χ3n) is 5.65. The number of carbonyl (C=O) groups excluding carboxylic acids is 2. The number of rotatable bonds is 6. The zero-order valence-electron chi connectivity index (χ0n) is 18.4. The number of amides is 3. The number of anilines is 1. The highest BCUT2D eigenvalue weighted by atomic mass is 16.5. The second-order valence-electron chi connectivity index (χ2n) is 7.92. The van der Waals surface area contributed by atoms with Crippen LogP contribution >= 0.6 is 0 Å². The number of aryl methyl sites for hydroxylation is 1. The molecule has 0 aliphatic carbocycles. The van der Waals surface area contributed by atoms with E-state index in [4.69, 9.17) is 4.74 Å². The summed E-state index contributed by atoms with van der Waals surface area (Å²) in [6.07, 6.45) is 0.821. The number of hydrogen-bond acceptors (Lipinski definition) is 3. The molecular formula is C26H27N3O3. The van der Waals surface area contributed by atoms with Crippen molar-refractivity contribution in [1.29, 1.82) is 0 Å². The van der Waals surface area contributed by atoms with E-state index in [0.717, 1.165) is 34.5 Å². The Bertz CT molecular complexity index is 1110. The molecule has 4 rings (SSSR count). The molecule has 1 heterocycles. The van der Waals surface area contributed by atoms with Crippen LogP contribution in [-0.4, -0.2) is 25.6 Å². The normalized spacial score (nSPS) is 12.2. The predicted molar refractivity (Wildman–Crippen MR) is 125 cm³/mol. The molecule has 32 heavy (non-hydrogen) atoms. The molecule has 0 saturated carbocycles. The first-order valence-electron chi connectivity index (χ1n) is 10.7. The summed E-state index contributed by atoms with van der Waals surface area (Å²) in [6, 6.07) is 21.0. The molecule has 0 spiro atoms. The minimum atomic E-state index is -0.225. The topological polar surface area (TPSA) is 70.7 Å². The van der Waals surface area contributed by atoms with Gasteiger partial charge in [-0.3, -0.25) is 4.79 Å². The first-order valence-corrected chi connectivity index (χ1v) is 10.7. The van der Waals surface area contributed by atoms with Gasteiger partial charge in [0, 0.05) is 30.9 Å². The van der Waals surface area contributed by atoms with Crippen LogP contribution in [0.2, 0.25) is 0 Å². The molecule has 3 aromatic carbocycles. The summed E-state index contributed by atoms with van der Waals surface area (Å²) in [5.41, 5.74) is 5.86. The van der Waals surface area contributed by atoms with E-state index in [1.165, 1.54) is 5.56 Å². The van der Waals surface area contributed by atoms with Gasteiger partial charge in [0.2, 0.25) is 0 Å². The van der Waals surface area contributed by atoms with Crippen molar-refractivity contribution in [3.8, 4) is 5.75 Å². The zero-order chi connectivity index (χ0) is 22.5. The minimum Gasteiger partial charge on any atom is -0.497 e. The van der Waals surface area contributed by atoms with Crippen LogP contribution in [0.25, 0.3) is 0 Å². The van der Waals surface area contributed by atoms with Crippen molar-refractivity contribution in [2.45, 2.75) is 26.4 Å². The molecule has 0 radical (unpaired) electrons. The van der Waals surface area contributed by atoms with Gasteiger partial charge in [0.1, 0.15) is 5.75 Å². The highest BCUT2D eigenvalue weighted by molar-refractivity contribution is 6.07. The molecule has 0 bridgehead atoms.